The number of ether oxygens (including phenoxy) is 1. The highest BCUT2D eigenvalue weighted by molar-refractivity contribution is 6.42. The topological polar surface area (TPSA) is 65.2 Å². The zero-order chi connectivity index (χ0) is 13.1. The van der Waals surface area contributed by atoms with Gasteiger partial charge in [-0.25, -0.2) is 4.79 Å². The summed E-state index contributed by atoms with van der Waals surface area (Å²) in [5.74, 6) is -0.538. The molecule has 0 amide bonds. The highest BCUT2D eigenvalue weighted by atomic mass is 35.5. The number of carbonyl (C=O) groups excluding carboxylic acids is 1. The van der Waals surface area contributed by atoms with E-state index in [0.29, 0.717) is 22.4 Å². The summed E-state index contributed by atoms with van der Waals surface area (Å²) >= 11 is 11.7. The monoisotopic (exact) mass is 286 g/mol. The molecule has 0 fully saturated rings. The second-order valence-electron chi connectivity index (χ2n) is 3.42. The SMILES string of the molecule is COC(=O)c1nnc(Cc2ccc(Cl)c(Cl)c2)o1. The molecule has 0 N–H and O–H groups in total. The molecule has 1 heterocycles. The molecule has 94 valence electrons. The summed E-state index contributed by atoms with van der Waals surface area (Å²) in [7, 11) is 1.24. The van der Waals surface area contributed by atoms with Crippen molar-refractivity contribution >= 4 is 29.2 Å². The molecule has 2 rings (SSSR count). The summed E-state index contributed by atoms with van der Waals surface area (Å²) in [4.78, 5) is 11.1. The number of nitrogens with zero attached hydrogens (tertiary/aromatic N) is 2. The molecule has 0 unspecified atom stereocenters. The Labute approximate surface area is 113 Å². The van der Waals surface area contributed by atoms with Crippen LogP contribution in [0.2, 0.25) is 10.0 Å². The fraction of sp³-hybridized carbons (Fsp3) is 0.182. The van der Waals surface area contributed by atoms with E-state index in [-0.39, 0.29) is 5.89 Å². The smallest absolute Gasteiger partial charge is 0.396 e. The molecule has 1 aromatic carbocycles. The van der Waals surface area contributed by atoms with Gasteiger partial charge in [-0.1, -0.05) is 29.3 Å². The van der Waals surface area contributed by atoms with Gasteiger partial charge in [0.05, 0.1) is 23.6 Å². The maximum atomic E-state index is 11.1. The van der Waals surface area contributed by atoms with Gasteiger partial charge in [0.1, 0.15) is 0 Å². The van der Waals surface area contributed by atoms with Crippen LogP contribution < -0.4 is 0 Å². The fourth-order valence-corrected chi connectivity index (χ4v) is 1.64. The molecule has 0 saturated heterocycles. The van der Waals surface area contributed by atoms with Gasteiger partial charge in [-0.3, -0.25) is 0 Å². The molecule has 1 aromatic heterocycles. The third-order valence-corrected chi connectivity index (χ3v) is 2.91. The third kappa shape index (κ3) is 2.80. The van der Waals surface area contributed by atoms with Crippen molar-refractivity contribution in [3.8, 4) is 0 Å². The van der Waals surface area contributed by atoms with E-state index in [9.17, 15) is 4.79 Å². The van der Waals surface area contributed by atoms with Gasteiger partial charge in [0.15, 0.2) is 0 Å². The molecule has 5 nitrogen and oxygen atoms in total. The molecule has 2 aromatic rings. The van der Waals surface area contributed by atoms with Crippen molar-refractivity contribution in [1.82, 2.24) is 10.2 Å². The molecular formula is C11H8Cl2N2O3. The molecule has 0 saturated carbocycles. The zero-order valence-electron chi connectivity index (χ0n) is 9.31. The Kier molecular flexibility index (Phi) is 3.84. The quantitative estimate of drug-likeness (QED) is 0.812. The number of carbonyl (C=O) groups is 1. The molecule has 0 spiro atoms. The van der Waals surface area contributed by atoms with E-state index in [2.05, 4.69) is 14.9 Å². The molecule has 0 atom stereocenters. The van der Waals surface area contributed by atoms with Gasteiger partial charge in [-0.05, 0) is 17.7 Å². The van der Waals surface area contributed by atoms with Gasteiger partial charge in [-0.15, -0.1) is 10.2 Å². The maximum absolute atomic E-state index is 11.1. The van der Waals surface area contributed by atoms with Crippen molar-refractivity contribution in [2.75, 3.05) is 7.11 Å². The summed E-state index contributed by atoms with van der Waals surface area (Å²) in [6, 6.07) is 5.17. The van der Waals surface area contributed by atoms with Gasteiger partial charge in [-0.2, -0.15) is 0 Å². The largest absolute Gasteiger partial charge is 0.462 e. The summed E-state index contributed by atoms with van der Waals surface area (Å²) in [5, 5.41) is 8.23. The summed E-state index contributed by atoms with van der Waals surface area (Å²) in [6.07, 6.45) is 0.362. The first kappa shape index (κ1) is 12.9. The van der Waals surface area contributed by atoms with Gasteiger partial charge in [0.2, 0.25) is 5.89 Å². The third-order valence-electron chi connectivity index (χ3n) is 2.17. The number of methoxy groups -OCH3 is 1. The van der Waals surface area contributed by atoms with Crippen LogP contribution in [-0.2, 0) is 11.2 Å². The van der Waals surface area contributed by atoms with Gasteiger partial charge < -0.3 is 9.15 Å². The predicted octanol–water partition coefficient (Wildman–Crippen LogP) is 2.75. The van der Waals surface area contributed by atoms with Crippen molar-refractivity contribution in [3.05, 3.63) is 45.6 Å². The lowest BCUT2D eigenvalue weighted by atomic mass is 10.1. The van der Waals surface area contributed by atoms with Crippen LogP contribution in [0.5, 0.6) is 0 Å². The van der Waals surface area contributed by atoms with E-state index in [1.54, 1.807) is 18.2 Å². The van der Waals surface area contributed by atoms with Gasteiger partial charge >= 0.3 is 11.9 Å². The van der Waals surface area contributed by atoms with Crippen LogP contribution >= 0.6 is 23.2 Å². The molecular weight excluding hydrogens is 279 g/mol. The number of halogens is 2. The van der Waals surface area contributed by atoms with Crippen LogP contribution in [0, 0.1) is 0 Å². The van der Waals surface area contributed by atoms with Crippen LogP contribution in [0.25, 0.3) is 0 Å². The van der Waals surface area contributed by atoms with Crippen LogP contribution in [0.3, 0.4) is 0 Å². The number of rotatable bonds is 3. The Morgan fingerprint density at radius 2 is 2.11 bits per heavy atom. The van der Waals surface area contributed by atoms with E-state index in [4.69, 9.17) is 27.6 Å². The Balaban J connectivity index is 2.16. The van der Waals surface area contributed by atoms with Crippen LogP contribution in [0.1, 0.15) is 22.1 Å². The summed E-state index contributed by atoms with van der Waals surface area (Å²) in [6.45, 7) is 0. The highest BCUT2D eigenvalue weighted by Crippen LogP contribution is 2.23. The lowest BCUT2D eigenvalue weighted by Gasteiger charge is -1.99. The fourth-order valence-electron chi connectivity index (χ4n) is 1.32. The molecule has 0 radical (unpaired) electrons. The van der Waals surface area contributed by atoms with Crippen LogP contribution in [-0.4, -0.2) is 23.3 Å². The Morgan fingerprint density at radius 3 is 2.78 bits per heavy atom. The molecule has 0 aliphatic carbocycles. The van der Waals surface area contributed by atoms with Crippen molar-refractivity contribution in [1.29, 1.82) is 0 Å². The van der Waals surface area contributed by atoms with E-state index in [1.807, 2.05) is 0 Å². The van der Waals surface area contributed by atoms with Gasteiger partial charge in [0, 0.05) is 0 Å². The average Bonchev–Trinajstić information content (AvgIpc) is 2.81. The minimum absolute atomic E-state index is 0.174. The molecule has 0 aliphatic rings. The number of hydrogen-bond donors (Lipinski definition) is 0. The second kappa shape index (κ2) is 5.37. The number of aromatic nitrogens is 2. The Bertz CT molecular complexity index is 583. The van der Waals surface area contributed by atoms with Gasteiger partial charge in [0.25, 0.3) is 0 Å². The zero-order valence-corrected chi connectivity index (χ0v) is 10.8. The van der Waals surface area contributed by atoms with E-state index >= 15 is 0 Å². The second-order valence-corrected chi connectivity index (χ2v) is 4.23. The normalized spacial score (nSPS) is 10.4. The average molecular weight is 287 g/mol. The molecule has 0 aliphatic heterocycles. The summed E-state index contributed by atoms with van der Waals surface area (Å²) < 4.78 is 9.60. The van der Waals surface area contributed by atoms with Crippen LogP contribution in [0.4, 0.5) is 0 Å². The van der Waals surface area contributed by atoms with E-state index in [1.165, 1.54) is 7.11 Å². The summed E-state index contributed by atoms with van der Waals surface area (Å²) in [5.41, 5.74) is 0.851. The lowest BCUT2D eigenvalue weighted by Crippen LogP contribution is -2.00. The first-order valence-electron chi connectivity index (χ1n) is 4.95. The van der Waals surface area contributed by atoms with E-state index in [0.717, 1.165) is 5.56 Å². The highest BCUT2D eigenvalue weighted by Gasteiger charge is 2.15. The first-order chi connectivity index (χ1) is 8.60. The number of hydrogen-bond acceptors (Lipinski definition) is 5. The van der Waals surface area contributed by atoms with Crippen molar-refractivity contribution in [2.45, 2.75) is 6.42 Å². The first-order valence-corrected chi connectivity index (χ1v) is 5.70. The van der Waals surface area contributed by atoms with Crippen molar-refractivity contribution in [2.24, 2.45) is 0 Å². The van der Waals surface area contributed by atoms with Crippen molar-refractivity contribution in [3.63, 3.8) is 0 Å². The Morgan fingerprint density at radius 1 is 1.33 bits per heavy atom. The minimum Gasteiger partial charge on any atom is -0.462 e. The van der Waals surface area contributed by atoms with Crippen molar-refractivity contribution < 1.29 is 13.9 Å². The van der Waals surface area contributed by atoms with Crippen LogP contribution in [0.15, 0.2) is 22.6 Å². The number of benzene rings is 1. The molecule has 0 bridgehead atoms. The molecule has 18 heavy (non-hydrogen) atoms. The number of esters is 1. The Hall–Kier alpha value is -1.59. The lowest BCUT2D eigenvalue weighted by molar-refractivity contribution is 0.0554. The van der Waals surface area contributed by atoms with E-state index < -0.39 is 5.97 Å². The predicted molar refractivity (Wildman–Crippen MR) is 64.9 cm³/mol. The standard InChI is InChI=1S/C11H8Cl2N2O3/c1-17-11(16)10-15-14-9(18-10)5-6-2-3-7(12)8(13)4-6/h2-4H,5H2,1H3. The maximum Gasteiger partial charge on any atom is 0.396 e. The minimum atomic E-state index is -0.664. The molecule has 7 heteroatoms.